The van der Waals surface area contributed by atoms with E-state index in [4.69, 9.17) is 17.0 Å². The number of carboxylic acid groups (broad SMARTS) is 1. The maximum Gasteiger partial charge on any atom is 0.306 e. The van der Waals surface area contributed by atoms with Crippen molar-refractivity contribution in [3.63, 3.8) is 0 Å². The van der Waals surface area contributed by atoms with E-state index in [0.717, 1.165) is 23.2 Å². The van der Waals surface area contributed by atoms with Crippen molar-refractivity contribution in [3.8, 4) is 0 Å². The maximum atomic E-state index is 14.0. The number of rotatable bonds is 11. The van der Waals surface area contributed by atoms with Crippen molar-refractivity contribution < 1.29 is 33.1 Å². The van der Waals surface area contributed by atoms with E-state index in [1.807, 2.05) is 0 Å². The van der Waals surface area contributed by atoms with E-state index in [9.17, 15) is 33.1 Å². The van der Waals surface area contributed by atoms with Gasteiger partial charge in [0, 0.05) is 37.5 Å². The zero-order chi connectivity index (χ0) is 30.3. The first-order valence-electron chi connectivity index (χ1n) is 12.9. The number of hydrogen-bond acceptors (Lipinski definition) is 6. The van der Waals surface area contributed by atoms with Gasteiger partial charge in [0.25, 0.3) is 5.91 Å². The van der Waals surface area contributed by atoms with Crippen LogP contribution in [0, 0.1) is 23.0 Å². The molecule has 0 radical (unpaired) electrons. The van der Waals surface area contributed by atoms with Crippen LogP contribution in [0.3, 0.4) is 0 Å². The number of Topliss-reactive ketones (excluding diaryl/α,β-unsaturated/α-hetero) is 1. The molecule has 4 N–H and O–H groups in total. The third-order valence-corrected chi connectivity index (χ3v) is 7.11. The number of allylic oxidation sites excluding steroid dienone is 1. The Kier molecular flexibility index (Phi) is 10.7. The molecule has 41 heavy (non-hydrogen) atoms. The number of hydrogen-bond donors (Lipinski definition) is 4. The lowest BCUT2D eigenvalue weighted by Crippen LogP contribution is -2.39. The molecule has 0 aromatic heterocycles. The van der Waals surface area contributed by atoms with Gasteiger partial charge in [0.15, 0.2) is 5.78 Å². The highest BCUT2D eigenvalue weighted by Crippen LogP contribution is 2.27. The monoisotopic (exact) mass is 588 g/mol. The second kappa shape index (κ2) is 14.0. The summed E-state index contributed by atoms with van der Waals surface area (Å²) < 4.78 is 27.9. The van der Waals surface area contributed by atoms with E-state index in [2.05, 4.69) is 10.6 Å². The summed E-state index contributed by atoms with van der Waals surface area (Å²) in [5.74, 6) is -4.85. The molecule has 0 spiro atoms. The van der Waals surface area contributed by atoms with Crippen molar-refractivity contribution in [2.24, 2.45) is 5.92 Å². The van der Waals surface area contributed by atoms with Crippen molar-refractivity contribution in [1.82, 2.24) is 10.2 Å². The van der Waals surface area contributed by atoms with Crippen molar-refractivity contribution >= 4 is 47.1 Å². The summed E-state index contributed by atoms with van der Waals surface area (Å²) in [5, 5.41) is 22.9. The molecule has 12 heteroatoms. The van der Waals surface area contributed by atoms with Gasteiger partial charge in [-0.05, 0) is 62.4 Å². The maximum absolute atomic E-state index is 14.0. The summed E-state index contributed by atoms with van der Waals surface area (Å²) in [6, 6.07) is 7.09. The van der Waals surface area contributed by atoms with Gasteiger partial charge >= 0.3 is 5.97 Å². The zero-order valence-corrected chi connectivity index (χ0v) is 23.4. The third kappa shape index (κ3) is 8.43. The Morgan fingerprint density at radius 1 is 1.07 bits per heavy atom. The molecule has 0 unspecified atom stereocenters. The van der Waals surface area contributed by atoms with Gasteiger partial charge < -0.3 is 26.0 Å². The summed E-state index contributed by atoms with van der Waals surface area (Å²) in [6.45, 7) is 1.90. The Balaban J connectivity index is 1.93. The van der Waals surface area contributed by atoms with Crippen LogP contribution >= 0.6 is 11.6 Å². The Labute approximate surface area is 241 Å². The van der Waals surface area contributed by atoms with Gasteiger partial charge in [-0.1, -0.05) is 17.7 Å². The van der Waals surface area contributed by atoms with Gasteiger partial charge in [-0.3, -0.25) is 19.2 Å². The smallest absolute Gasteiger partial charge is 0.306 e. The van der Waals surface area contributed by atoms with Gasteiger partial charge in [0.1, 0.15) is 11.6 Å². The summed E-state index contributed by atoms with van der Waals surface area (Å²) in [5.41, 5.74) is 0.418. The minimum absolute atomic E-state index is 0.0306. The van der Waals surface area contributed by atoms with Crippen LogP contribution in [-0.2, 0) is 20.9 Å². The number of benzene rings is 2. The fourth-order valence-electron chi connectivity index (χ4n) is 4.85. The van der Waals surface area contributed by atoms with Crippen LogP contribution in [0.15, 0.2) is 47.7 Å². The molecular weight excluding hydrogens is 558 g/mol. The average Bonchev–Trinajstić information content (AvgIpc) is 2.88. The molecule has 1 aliphatic carbocycles. The Morgan fingerprint density at radius 3 is 2.27 bits per heavy atom. The van der Waals surface area contributed by atoms with Crippen LogP contribution in [0.5, 0.6) is 0 Å². The van der Waals surface area contributed by atoms with Crippen LogP contribution in [0.2, 0.25) is 5.02 Å². The van der Waals surface area contributed by atoms with Crippen molar-refractivity contribution in [1.29, 1.82) is 5.41 Å². The molecule has 1 fully saturated rings. The fraction of sp³-hybridized carbons (Fsp3) is 0.345. The molecule has 218 valence electrons. The molecule has 0 bridgehead atoms. The molecule has 9 nitrogen and oxygen atoms in total. The van der Waals surface area contributed by atoms with Gasteiger partial charge in [0.2, 0.25) is 5.91 Å². The van der Waals surface area contributed by atoms with E-state index >= 15 is 0 Å². The lowest BCUT2D eigenvalue weighted by atomic mass is 9.86. The minimum Gasteiger partial charge on any atom is -0.481 e. The van der Waals surface area contributed by atoms with Crippen molar-refractivity contribution in [2.75, 3.05) is 11.9 Å². The molecule has 0 heterocycles. The highest BCUT2D eigenvalue weighted by atomic mass is 35.5. The molecule has 3 rings (SSSR count). The molecule has 2 aromatic rings. The number of carbonyl (C=O) groups is 4. The Hall–Kier alpha value is -4.12. The standard InChI is InChI=1S/C29H31ClF2N4O5/c1-16(34-22-8-6-19(7-9-22)29(40)41)23(13-33)28(39)36(14-18-10-20(31)12-21(32)11-18)15-26(38)27-24(30)4-3-5-25(27)35-17(2)37/h3-5,10-13,19,22,33-34H,6-9,14-15H2,1-2H3,(H,35,37)(H,40,41)/b23-16+,33-13?/t19-,22-. The summed E-state index contributed by atoms with van der Waals surface area (Å²) in [4.78, 5) is 51.2. The lowest BCUT2D eigenvalue weighted by molar-refractivity contribution is -0.142. The first-order valence-corrected chi connectivity index (χ1v) is 13.3. The Bertz CT molecular complexity index is 1370. The molecule has 0 atom stereocenters. The highest BCUT2D eigenvalue weighted by Gasteiger charge is 2.28. The van der Waals surface area contributed by atoms with E-state index < -0.39 is 47.7 Å². The molecule has 0 saturated heterocycles. The molecular formula is C29H31ClF2N4O5. The lowest BCUT2D eigenvalue weighted by Gasteiger charge is -2.29. The predicted octanol–water partition coefficient (Wildman–Crippen LogP) is 4.94. The predicted molar refractivity (Wildman–Crippen MR) is 150 cm³/mol. The molecule has 2 amide bonds. The Morgan fingerprint density at radius 2 is 1.71 bits per heavy atom. The number of amides is 2. The third-order valence-electron chi connectivity index (χ3n) is 6.80. The molecule has 1 saturated carbocycles. The molecule has 2 aromatic carbocycles. The van der Waals surface area contributed by atoms with Crippen molar-refractivity contribution in [2.45, 2.75) is 52.1 Å². The number of halogens is 3. The summed E-state index contributed by atoms with van der Waals surface area (Å²) >= 11 is 6.28. The first kappa shape index (κ1) is 31.4. The number of aliphatic carboxylic acids is 1. The quantitative estimate of drug-likeness (QED) is 0.166. The zero-order valence-electron chi connectivity index (χ0n) is 22.6. The fourth-order valence-corrected chi connectivity index (χ4v) is 5.13. The van der Waals surface area contributed by atoms with E-state index in [1.165, 1.54) is 25.1 Å². The highest BCUT2D eigenvalue weighted by molar-refractivity contribution is 6.35. The average molecular weight is 589 g/mol. The number of nitrogens with one attached hydrogen (secondary N) is 3. The SMILES string of the molecule is CC(=O)Nc1cccc(Cl)c1C(=O)CN(Cc1cc(F)cc(F)c1)C(=O)/C(C=N)=C(\C)N[C@H]1CC[C@H](C(=O)O)CC1. The molecule has 0 aliphatic heterocycles. The minimum atomic E-state index is -0.865. The summed E-state index contributed by atoms with van der Waals surface area (Å²) in [6.07, 6.45) is 2.87. The van der Waals surface area contributed by atoms with Crippen LogP contribution < -0.4 is 10.6 Å². The van der Waals surface area contributed by atoms with Gasteiger partial charge in [-0.2, -0.15) is 0 Å². The van der Waals surface area contributed by atoms with Crippen LogP contribution in [-0.4, -0.2) is 52.4 Å². The molecule has 1 aliphatic rings. The van der Waals surface area contributed by atoms with Crippen LogP contribution in [0.1, 0.15) is 55.5 Å². The second-order valence-corrected chi connectivity index (χ2v) is 10.3. The number of carbonyl (C=O) groups excluding carboxylic acids is 3. The summed E-state index contributed by atoms with van der Waals surface area (Å²) in [7, 11) is 0. The number of carboxylic acids is 1. The number of anilines is 1. The van der Waals surface area contributed by atoms with E-state index in [1.54, 1.807) is 6.92 Å². The van der Waals surface area contributed by atoms with Gasteiger partial charge in [-0.15, -0.1) is 0 Å². The van der Waals surface area contributed by atoms with E-state index in [0.29, 0.717) is 37.4 Å². The topological polar surface area (TPSA) is 140 Å². The normalized spacial score (nSPS) is 17.2. The second-order valence-electron chi connectivity index (χ2n) is 9.92. The number of nitrogens with zero attached hydrogens (tertiary/aromatic N) is 1. The van der Waals surface area contributed by atoms with Crippen molar-refractivity contribution in [3.05, 3.63) is 75.5 Å². The first-order chi connectivity index (χ1) is 19.4. The number of ketones is 1. The van der Waals surface area contributed by atoms with E-state index in [-0.39, 0.29) is 40.0 Å². The largest absolute Gasteiger partial charge is 0.481 e. The van der Waals surface area contributed by atoms with Gasteiger partial charge in [0.05, 0.1) is 34.3 Å². The van der Waals surface area contributed by atoms with Crippen LogP contribution in [0.4, 0.5) is 14.5 Å². The van der Waals surface area contributed by atoms with Gasteiger partial charge in [-0.25, -0.2) is 8.78 Å². The van der Waals surface area contributed by atoms with Crippen LogP contribution in [0.25, 0.3) is 0 Å².